The summed E-state index contributed by atoms with van der Waals surface area (Å²) in [5.74, 6) is -2.40. The molecule has 0 saturated carbocycles. The number of nitrogens with one attached hydrogen (secondary N) is 3. The zero-order valence-electron chi connectivity index (χ0n) is 77.7. The number of hydrogen-bond acceptors (Lipinski definition) is 24. The Bertz CT molecular complexity index is 5670. The van der Waals surface area contributed by atoms with Crippen LogP contribution in [-0.4, -0.2) is 324 Å². The normalized spacial score (nSPS) is 14.8. The summed E-state index contributed by atoms with van der Waals surface area (Å²) in [5.41, 5.74) is 5.50. The Kier molecular flexibility index (Phi) is 40.3. The number of benzene rings is 6. The third-order valence-electron chi connectivity index (χ3n) is 22.5. The Balaban J connectivity index is 0.000000205. The van der Waals surface area contributed by atoms with Crippen molar-refractivity contribution in [2.75, 3.05) is 196 Å². The van der Waals surface area contributed by atoms with Crippen LogP contribution >= 0.6 is 85.5 Å². The summed E-state index contributed by atoms with van der Waals surface area (Å²) in [6.45, 7) is 22.6. The van der Waals surface area contributed by atoms with Crippen molar-refractivity contribution in [1.82, 2.24) is 72.8 Å². The fraction of sp³-hybridized carbons (Fsp3) is 0.402. The second-order valence-corrected chi connectivity index (χ2v) is 36.7. The van der Waals surface area contributed by atoms with Crippen LogP contribution in [0.4, 0.5) is 30.2 Å². The van der Waals surface area contributed by atoms with Crippen LogP contribution in [0, 0.1) is 34.0 Å². The number of carbonyl (C=O) groups excluding carboxylic acids is 6. The molecule has 0 spiro atoms. The van der Waals surface area contributed by atoms with Crippen molar-refractivity contribution in [3.8, 4) is 58.0 Å². The Morgan fingerprint density at radius 2 is 0.745 bits per heavy atom. The molecule has 0 bridgehead atoms. The van der Waals surface area contributed by atoms with Gasteiger partial charge in [0, 0.05) is 167 Å². The fourth-order valence-corrected chi connectivity index (χ4v) is 15.7. The number of carbonyl (C=O) groups is 7. The number of carboxylic acids is 1. The summed E-state index contributed by atoms with van der Waals surface area (Å²) >= 11 is 41.4. The van der Waals surface area contributed by atoms with Gasteiger partial charge >= 0.3 is 19.3 Å². The number of carboxylic acid groups (broad SMARTS) is 1. The van der Waals surface area contributed by atoms with Crippen molar-refractivity contribution in [1.29, 1.82) is 15.8 Å². The zero-order chi connectivity index (χ0) is 101. The number of nitriles is 3. The van der Waals surface area contributed by atoms with Crippen LogP contribution in [0.2, 0.25) is 30.1 Å². The van der Waals surface area contributed by atoms with Gasteiger partial charge in [0.15, 0.2) is 37.3 Å². The van der Waals surface area contributed by atoms with Gasteiger partial charge < -0.3 is 87.7 Å². The maximum absolute atomic E-state index is 13.1. The van der Waals surface area contributed by atoms with Gasteiger partial charge in [0.2, 0.25) is 0 Å². The third-order valence-corrected chi connectivity index (χ3v) is 25.1. The van der Waals surface area contributed by atoms with E-state index < -0.39 is 31.1 Å². The largest absolute Gasteiger partial charge is 0.494 e. The van der Waals surface area contributed by atoms with Crippen LogP contribution in [0.25, 0.3) is 22.5 Å². The van der Waals surface area contributed by atoms with Crippen LogP contribution in [0.1, 0.15) is 90.6 Å². The highest BCUT2D eigenvalue weighted by Crippen LogP contribution is 2.39. The van der Waals surface area contributed by atoms with Crippen molar-refractivity contribution in [3.05, 3.63) is 197 Å². The summed E-state index contributed by atoms with van der Waals surface area (Å²) < 4.78 is 65.1. The van der Waals surface area contributed by atoms with Crippen molar-refractivity contribution in [3.63, 3.8) is 0 Å². The van der Waals surface area contributed by atoms with Crippen LogP contribution < -0.4 is 35.6 Å². The number of imidazole rings is 3. The maximum atomic E-state index is 13.1. The summed E-state index contributed by atoms with van der Waals surface area (Å²) in [6.07, 6.45) is -0.374. The first-order valence-corrected chi connectivity index (χ1v) is 46.0. The number of aliphatic carboxylic acids is 1. The monoisotopic (exact) mass is 2070 g/mol. The van der Waals surface area contributed by atoms with E-state index >= 15 is 0 Å². The lowest BCUT2D eigenvalue weighted by Crippen LogP contribution is -2.50. The van der Waals surface area contributed by atoms with Gasteiger partial charge in [-0.25, -0.2) is 19.7 Å². The Labute approximate surface area is 831 Å². The molecule has 4 N–H and O–H groups in total. The second kappa shape index (κ2) is 50.5. The number of likely N-dealkylation sites (N-methyl/N-ethyl adjacent to an activating group) is 3. The molecule has 6 amide bonds. The lowest BCUT2D eigenvalue weighted by molar-refractivity contribution is -0.192. The van der Waals surface area contributed by atoms with Gasteiger partial charge in [0.05, 0.1) is 88.0 Å². The molecule has 6 aromatic carbocycles. The average Bonchev–Trinajstić information content (AvgIpc) is 1.62. The predicted octanol–water partition coefficient (Wildman–Crippen LogP) is 13.3. The molecule has 0 radical (unpaired) electrons. The minimum atomic E-state index is -5.08. The molecule has 4 aliphatic rings. The van der Waals surface area contributed by atoms with E-state index in [9.17, 15) is 41.9 Å². The third kappa shape index (κ3) is 30.7. The second-order valence-electron chi connectivity index (χ2n) is 33.5. The first kappa shape index (κ1) is 110. The summed E-state index contributed by atoms with van der Waals surface area (Å²) in [5, 5.41) is 43.4. The van der Waals surface area contributed by atoms with Crippen molar-refractivity contribution in [2.45, 2.75) is 45.1 Å². The molecule has 0 atom stereocenters. The van der Waals surface area contributed by atoms with E-state index in [0.29, 0.717) is 126 Å². The molecular weight excluding hydrogens is 1970 g/mol. The topological polar surface area (TPSA) is 376 Å². The van der Waals surface area contributed by atoms with Gasteiger partial charge in [-0.15, -0.1) is 0 Å². The van der Waals surface area contributed by atoms with Crippen molar-refractivity contribution < 1.29 is 75.4 Å². The minimum Gasteiger partial charge on any atom is -0.477 e. The van der Waals surface area contributed by atoms with Gasteiger partial charge in [0.1, 0.15) is 40.1 Å². The SMILES string of the molecule is CC1(C)OB(c2ccc(OCC#N)c(Cl)c2)OC1(C)C.CN(C)CCN1CCN(C(=O)c2ccc(NC(=O)c3ncc(-c4ccc(OCC#N)c(Cl)c4)n3C)cc2Cl)CC1.CN(C)CCN1CCN(C(=O)c2ccc(NC(=O)c3ncc(-c4ccc(OCC#N)c(Cl)c4)n3C)cc2Cl)CC1.CN(C)CCN1CCN(C(=O)c2ccc(NC(=O)c3ncc(Br)n3C)cc2Cl)CC1.O=C(O)C(F)(F)F. The molecule has 13 rings (SSSR count). The van der Waals surface area contributed by atoms with Gasteiger partial charge in [-0.1, -0.05) is 75.7 Å². The number of alkyl halides is 3. The smallest absolute Gasteiger partial charge is 0.477 e. The molecule has 4 aliphatic heterocycles. The lowest BCUT2D eigenvalue weighted by Gasteiger charge is -2.35. The number of amides is 6. The number of halogens is 10. The Morgan fingerprint density at radius 1 is 0.453 bits per heavy atom. The van der Waals surface area contributed by atoms with E-state index in [0.717, 1.165) is 95.1 Å². The molecule has 4 saturated heterocycles. The lowest BCUT2D eigenvalue weighted by atomic mass is 9.79. The van der Waals surface area contributed by atoms with Gasteiger partial charge in [0.25, 0.3) is 35.4 Å². The number of piperazine rings is 3. The van der Waals surface area contributed by atoms with Crippen LogP contribution in [0.5, 0.6) is 17.2 Å². The maximum Gasteiger partial charge on any atom is 0.494 e. The molecule has 0 aliphatic carbocycles. The highest BCUT2D eigenvalue weighted by Gasteiger charge is 2.52. The van der Waals surface area contributed by atoms with E-state index in [1.54, 1.807) is 157 Å². The molecule has 7 heterocycles. The Hall–Kier alpha value is -11.1. The highest BCUT2D eigenvalue weighted by atomic mass is 79.9. The quantitative estimate of drug-likeness (QED) is 0.0347. The van der Waals surface area contributed by atoms with E-state index in [1.165, 1.54) is 0 Å². The van der Waals surface area contributed by atoms with Gasteiger partial charge in [-0.2, -0.15) is 29.0 Å². The van der Waals surface area contributed by atoms with E-state index in [1.807, 2.05) is 66.7 Å². The Morgan fingerprint density at radius 3 is 1.01 bits per heavy atom. The first-order valence-electron chi connectivity index (χ1n) is 42.9. The van der Waals surface area contributed by atoms with Crippen molar-refractivity contribution in [2.24, 2.45) is 21.1 Å². The number of hydrogen-bond donors (Lipinski definition) is 4. The molecule has 137 heavy (non-hydrogen) atoms. The summed E-state index contributed by atoms with van der Waals surface area (Å²) in [6, 6.07) is 35.9. The molecule has 4 fully saturated rings. The molecule has 3 aromatic heterocycles. The number of anilines is 3. The highest BCUT2D eigenvalue weighted by molar-refractivity contribution is 9.10. The fourth-order valence-electron chi connectivity index (χ4n) is 13.9. The van der Waals surface area contributed by atoms with Crippen molar-refractivity contribution >= 4 is 157 Å². The number of nitrogens with zero attached hydrogens (tertiary/aromatic N) is 18. The predicted molar refractivity (Wildman–Crippen MR) is 523 cm³/mol. The standard InChI is InChI=1S/2C28H31Cl2N7O3.C20H26BrClN6O2.C14H17BClNO3.C2HF3O2/c2*1-34(2)9-10-36-11-13-37(14-12-36)28(39)21-6-5-20(17-22(21)29)33-27(38)26-32-18-24(35(26)3)19-4-7-25(23(30)16-19)40-15-8-31;1-25(2)6-7-27-8-10-28(11-9-27)20(30)15-5-4-14(12-16(15)22)24-19(29)18-23-13-17(21)26(18)3;1-13(2)14(3,4)20-15(19-13)10-5-6-12(11(16)9-10)18-8-7-17;3-2(4,5)1(6)7/h2*4-7,16-18H,9-15H2,1-3H3,(H,33,38);4-5,12-13H,6-11H2,1-3H3,(H,24,29);5-6,9H,8H2,1-4H3;(H,6,7). The van der Waals surface area contributed by atoms with E-state index in [-0.39, 0.29) is 82.2 Å². The van der Waals surface area contributed by atoms with E-state index in [2.05, 4.69) is 119 Å². The number of ether oxygens (including phenoxy) is 3. The van der Waals surface area contributed by atoms with Crippen LogP contribution in [-0.2, 0) is 35.2 Å². The van der Waals surface area contributed by atoms with Crippen LogP contribution in [0.15, 0.2) is 132 Å². The molecule has 9 aromatic rings. The molecular formula is C92H106BBrCl6F3N21O13. The molecule has 730 valence electrons. The van der Waals surface area contributed by atoms with Crippen LogP contribution in [0.3, 0.4) is 0 Å². The number of aromatic nitrogens is 6. The summed E-state index contributed by atoms with van der Waals surface area (Å²) in [7, 11) is 17.0. The number of rotatable bonds is 27. The molecule has 34 nitrogen and oxygen atoms in total. The summed E-state index contributed by atoms with van der Waals surface area (Å²) in [4.78, 5) is 118. The average molecular weight is 2070 g/mol. The molecule has 0 unspecified atom stereocenters. The van der Waals surface area contributed by atoms with E-state index in [4.69, 9.17) is 119 Å². The first-order chi connectivity index (χ1) is 64.8. The van der Waals surface area contributed by atoms with Gasteiger partial charge in [-0.3, -0.25) is 43.5 Å². The zero-order valence-corrected chi connectivity index (χ0v) is 83.8. The van der Waals surface area contributed by atoms with Gasteiger partial charge in [-0.05, 0) is 195 Å². The molecule has 45 heteroatoms. The minimum absolute atomic E-state index is 0.0322.